The molecule has 1 heterocycles. The first-order valence-corrected chi connectivity index (χ1v) is 8.96. The average molecular weight is 373 g/mol. The Morgan fingerprint density at radius 2 is 1.92 bits per heavy atom. The Morgan fingerprint density at radius 3 is 2.62 bits per heavy atom. The molecule has 0 amide bonds. The number of aryl methyl sites for hydroxylation is 1. The van der Waals surface area contributed by atoms with E-state index < -0.39 is 21.7 Å². The number of hydrogen-bond acceptors (Lipinski definition) is 3. The Hall–Kier alpha value is -3.18. The van der Waals surface area contributed by atoms with Gasteiger partial charge in [-0.25, -0.2) is 17.2 Å². The van der Waals surface area contributed by atoms with E-state index in [4.69, 9.17) is 5.26 Å². The van der Waals surface area contributed by atoms with Crippen molar-refractivity contribution in [3.63, 3.8) is 0 Å². The summed E-state index contributed by atoms with van der Waals surface area (Å²) >= 11 is 0. The standard InChI is InChI=1S/C18H13F2N3O2S/c1-11-3-2-4-14(18(11)20)17-8-13(10-22-17)26(24,25)23-16-6-5-12(9-21)7-15(16)19/h2-8,10,22-23H,1H3. The van der Waals surface area contributed by atoms with Gasteiger partial charge in [0.1, 0.15) is 16.5 Å². The van der Waals surface area contributed by atoms with E-state index in [0.717, 1.165) is 6.07 Å². The highest BCUT2D eigenvalue weighted by Gasteiger charge is 2.20. The number of halogens is 2. The molecule has 0 unspecified atom stereocenters. The van der Waals surface area contributed by atoms with Crippen LogP contribution in [0.5, 0.6) is 0 Å². The molecule has 0 aliphatic rings. The van der Waals surface area contributed by atoms with E-state index in [0.29, 0.717) is 5.56 Å². The van der Waals surface area contributed by atoms with Crippen molar-refractivity contribution in [2.24, 2.45) is 0 Å². The zero-order chi connectivity index (χ0) is 18.9. The fourth-order valence-corrected chi connectivity index (χ4v) is 3.47. The minimum Gasteiger partial charge on any atom is -0.360 e. The van der Waals surface area contributed by atoms with Crippen LogP contribution in [0.4, 0.5) is 14.5 Å². The van der Waals surface area contributed by atoms with Crippen molar-refractivity contribution in [2.45, 2.75) is 11.8 Å². The molecular weight excluding hydrogens is 360 g/mol. The van der Waals surface area contributed by atoms with Gasteiger partial charge in [-0.15, -0.1) is 0 Å². The lowest BCUT2D eigenvalue weighted by atomic mass is 10.1. The summed E-state index contributed by atoms with van der Waals surface area (Å²) in [5, 5.41) is 8.73. The number of H-pyrrole nitrogens is 1. The quantitative estimate of drug-likeness (QED) is 0.726. The Balaban J connectivity index is 1.93. The van der Waals surface area contributed by atoms with Crippen molar-refractivity contribution in [3.8, 4) is 17.3 Å². The third-order valence-electron chi connectivity index (χ3n) is 3.79. The van der Waals surface area contributed by atoms with Crippen molar-refractivity contribution >= 4 is 15.7 Å². The molecule has 0 saturated heterocycles. The summed E-state index contributed by atoms with van der Waals surface area (Å²) in [6, 6.07) is 11.2. The Labute approximate surface area is 149 Å². The van der Waals surface area contributed by atoms with Crippen molar-refractivity contribution in [3.05, 3.63) is 71.4 Å². The normalized spacial score (nSPS) is 11.2. The van der Waals surface area contributed by atoms with E-state index in [1.165, 1.54) is 30.5 Å². The van der Waals surface area contributed by atoms with Gasteiger partial charge in [-0.2, -0.15) is 5.26 Å². The Morgan fingerprint density at radius 1 is 1.15 bits per heavy atom. The lowest BCUT2D eigenvalue weighted by Gasteiger charge is -2.07. The number of rotatable bonds is 4. The van der Waals surface area contributed by atoms with E-state index in [9.17, 15) is 17.2 Å². The molecule has 0 aliphatic carbocycles. The van der Waals surface area contributed by atoms with Gasteiger partial charge in [-0.05, 0) is 42.8 Å². The maximum Gasteiger partial charge on any atom is 0.263 e. The summed E-state index contributed by atoms with van der Waals surface area (Å²) in [6.07, 6.45) is 1.20. The number of nitriles is 1. The van der Waals surface area contributed by atoms with Crippen LogP contribution in [-0.4, -0.2) is 13.4 Å². The molecule has 0 radical (unpaired) electrons. The van der Waals surface area contributed by atoms with Gasteiger partial charge in [0, 0.05) is 17.5 Å². The second-order valence-electron chi connectivity index (χ2n) is 5.60. The lowest BCUT2D eigenvalue weighted by molar-refractivity contribution is 0.598. The minimum absolute atomic E-state index is 0.0734. The van der Waals surface area contributed by atoms with Crippen LogP contribution in [0, 0.1) is 29.9 Å². The van der Waals surface area contributed by atoms with Crippen LogP contribution < -0.4 is 4.72 Å². The molecule has 132 valence electrons. The van der Waals surface area contributed by atoms with E-state index in [1.807, 2.05) is 0 Å². The van der Waals surface area contributed by atoms with Crippen molar-refractivity contribution in [2.75, 3.05) is 4.72 Å². The Kier molecular flexibility index (Phi) is 4.49. The van der Waals surface area contributed by atoms with E-state index in [-0.39, 0.29) is 27.4 Å². The molecule has 2 aromatic carbocycles. The lowest BCUT2D eigenvalue weighted by Crippen LogP contribution is -2.13. The number of sulfonamides is 1. The van der Waals surface area contributed by atoms with Crippen LogP contribution in [0.1, 0.15) is 11.1 Å². The van der Waals surface area contributed by atoms with E-state index in [1.54, 1.807) is 25.1 Å². The summed E-state index contributed by atoms with van der Waals surface area (Å²) in [7, 11) is -4.09. The van der Waals surface area contributed by atoms with Gasteiger partial charge in [-0.1, -0.05) is 12.1 Å². The molecule has 0 atom stereocenters. The molecule has 5 nitrogen and oxygen atoms in total. The molecule has 3 aromatic rings. The van der Waals surface area contributed by atoms with Gasteiger partial charge in [0.2, 0.25) is 0 Å². The van der Waals surface area contributed by atoms with E-state index in [2.05, 4.69) is 9.71 Å². The molecule has 0 fully saturated rings. The van der Waals surface area contributed by atoms with Crippen LogP contribution in [0.25, 0.3) is 11.3 Å². The van der Waals surface area contributed by atoms with Gasteiger partial charge in [-0.3, -0.25) is 4.72 Å². The van der Waals surface area contributed by atoms with Crippen molar-refractivity contribution in [1.29, 1.82) is 5.26 Å². The highest BCUT2D eigenvalue weighted by atomic mass is 32.2. The van der Waals surface area contributed by atoms with Gasteiger partial charge in [0.25, 0.3) is 10.0 Å². The topological polar surface area (TPSA) is 85.8 Å². The third kappa shape index (κ3) is 3.30. The fourth-order valence-electron chi connectivity index (χ4n) is 2.41. The smallest absolute Gasteiger partial charge is 0.263 e. The summed E-state index contributed by atoms with van der Waals surface area (Å²) in [5.41, 5.74) is 0.736. The molecule has 2 N–H and O–H groups in total. The second kappa shape index (κ2) is 6.61. The van der Waals surface area contributed by atoms with Crippen LogP contribution in [0.3, 0.4) is 0 Å². The number of nitrogens with zero attached hydrogens (tertiary/aromatic N) is 1. The van der Waals surface area contributed by atoms with Crippen LogP contribution in [0.15, 0.2) is 53.6 Å². The van der Waals surface area contributed by atoms with Crippen molar-refractivity contribution < 1.29 is 17.2 Å². The van der Waals surface area contributed by atoms with Gasteiger partial charge in [0.05, 0.1) is 17.3 Å². The predicted molar refractivity (Wildman–Crippen MR) is 92.8 cm³/mol. The molecule has 3 rings (SSSR count). The molecule has 0 bridgehead atoms. The third-order valence-corrected chi connectivity index (χ3v) is 5.14. The average Bonchev–Trinajstić information content (AvgIpc) is 3.10. The first-order chi connectivity index (χ1) is 12.3. The van der Waals surface area contributed by atoms with Crippen LogP contribution in [0.2, 0.25) is 0 Å². The second-order valence-corrected chi connectivity index (χ2v) is 7.28. The molecule has 1 aromatic heterocycles. The molecule has 0 saturated carbocycles. The maximum absolute atomic E-state index is 14.2. The first kappa shape index (κ1) is 17.6. The highest BCUT2D eigenvalue weighted by Crippen LogP contribution is 2.27. The van der Waals surface area contributed by atoms with Gasteiger partial charge >= 0.3 is 0 Å². The summed E-state index contributed by atoms with van der Waals surface area (Å²) in [4.78, 5) is 2.55. The van der Waals surface area contributed by atoms with Crippen molar-refractivity contribution in [1.82, 2.24) is 4.98 Å². The number of aromatic amines is 1. The molecular formula is C18H13F2N3O2S. The number of benzene rings is 2. The maximum atomic E-state index is 14.2. The largest absolute Gasteiger partial charge is 0.360 e. The van der Waals surface area contributed by atoms with Gasteiger partial charge < -0.3 is 4.98 Å². The Bertz CT molecular complexity index is 1130. The van der Waals surface area contributed by atoms with E-state index >= 15 is 0 Å². The first-order valence-electron chi connectivity index (χ1n) is 7.48. The number of nitrogens with one attached hydrogen (secondary N) is 2. The monoisotopic (exact) mass is 373 g/mol. The summed E-state index contributed by atoms with van der Waals surface area (Å²) in [5.74, 6) is -1.32. The zero-order valence-corrected chi connectivity index (χ0v) is 14.4. The van der Waals surface area contributed by atoms with Crippen LogP contribution in [-0.2, 0) is 10.0 Å². The number of anilines is 1. The molecule has 26 heavy (non-hydrogen) atoms. The summed E-state index contributed by atoms with van der Waals surface area (Å²) < 4.78 is 55.1. The highest BCUT2D eigenvalue weighted by molar-refractivity contribution is 7.92. The predicted octanol–water partition coefficient (Wildman–Crippen LogP) is 3.94. The SMILES string of the molecule is Cc1cccc(-c2cc(S(=O)(=O)Nc3ccc(C#N)cc3F)c[nH]2)c1F. The van der Waals surface area contributed by atoms with Gasteiger partial charge in [0.15, 0.2) is 0 Å². The molecule has 0 spiro atoms. The minimum atomic E-state index is -4.09. The van der Waals surface area contributed by atoms with Crippen LogP contribution >= 0.6 is 0 Å². The molecule has 8 heteroatoms. The number of aromatic nitrogens is 1. The fraction of sp³-hybridized carbons (Fsp3) is 0.0556. The zero-order valence-electron chi connectivity index (χ0n) is 13.5. The summed E-state index contributed by atoms with van der Waals surface area (Å²) in [6.45, 7) is 1.61. The molecule has 0 aliphatic heterocycles. The number of hydrogen-bond donors (Lipinski definition) is 2.